The van der Waals surface area contributed by atoms with Crippen molar-refractivity contribution < 1.29 is 9.50 Å². The van der Waals surface area contributed by atoms with Gasteiger partial charge in [-0.15, -0.1) is 0 Å². The van der Waals surface area contributed by atoms with Gasteiger partial charge in [-0.1, -0.05) is 25.4 Å². The van der Waals surface area contributed by atoms with Crippen molar-refractivity contribution in [3.8, 4) is 0 Å². The van der Waals surface area contributed by atoms with Crippen LogP contribution in [0.2, 0.25) is 5.02 Å². The number of hydrogen-bond acceptors (Lipinski definition) is 1. The maximum atomic E-state index is 12.9. The van der Waals surface area contributed by atoms with Crippen LogP contribution in [-0.2, 0) is 6.42 Å². The van der Waals surface area contributed by atoms with Crippen LogP contribution in [0, 0.1) is 11.7 Å². The van der Waals surface area contributed by atoms with E-state index < -0.39 is 0 Å². The van der Waals surface area contributed by atoms with E-state index in [9.17, 15) is 9.50 Å². The zero-order chi connectivity index (χ0) is 11.4. The normalized spacial score (nSPS) is 13.2. The fourth-order valence-electron chi connectivity index (χ4n) is 1.37. The van der Waals surface area contributed by atoms with E-state index in [-0.39, 0.29) is 17.8 Å². The van der Waals surface area contributed by atoms with Crippen molar-refractivity contribution in [3.63, 3.8) is 0 Å². The van der Waals surface area contributed by atoms with E-state index in [0.717, 1.165) is 5.56 Å². The Morgan fingerprint density at radius 3 is 2.67 bits per heavy atom. The molecule has 1 atom stereocenters. The van der Waals surface area contributed by atoms with Crippen molar-refractivity contribution >= 4 is 11.6 Å². The lowest BCUT2D eigenvalue weighted by Gasteiger charge is -2.14. The summed E-state index contributed by atoms with van der Waals surface area (Å²) in [4.78, 5) is 0. The molecule has 0 amide bonds. The topological polar surface area (TPSA) is 20.2 Å². The van der Waals surface area contributed by atoms with Crippen molar-refractivity contribution in [2.75, 3.05) is 0 Å². The van der Waals surface area contributed by atoms with Gasteiger partial charge in [0.1, 0.15) is 5.82 Å². The van der Waals surface area contributed by atoms with Crippen molar-refractivity contribution in [3.05, 3.63) is 34.6 Å². The highest BCUT2D eigenvalue weighted by atomic mass is 35.5. The molecule has 0 aliphatic heterocycles. The standard InChI is InChI=1S/C12H16ClFO/c1-8(2)12(15)6-3-9-7-10(14)4-5-11(9)13/h4-5,7-8,12,15H,3,6H2,1-2H3. The molecule has 15 heavy (non-hydrogen) atoms. The first-order valence-corrected chi connectivity index (χ1v) is 5.50. The van der Waals surface area contributed by atoms with Crippen LogP contribution in [0.25, 0.3) is 0 Å². The van der Waals surface area contributed by atoms with Gasteiger partial charge < -0.3 is 5.11 Å². The molecule has 0 bridgehead atoms. The number of rotatable bonds is 4. The zero-order valence-electron chi connectivity index (χ0n) is 9.00. The van der Waals surface area contributed by atoms with E-state index in [1.807, 2.05) is 13.8 Å². The van der Waals surface area contributed by atoms with Crippen LogP contribution in [0.4, 0.5) is 4.39 Å². The Labute approximate surface area is 94.9 Å². The van der Waals surface area contributed by atoms with Crippen LogP contribution >= 0.6 is 11.6 Å². The summed E-state index contributed by atoms with van der Waals surface area (Å²) in [5, 5.41) is 10.2. The molecule has 0 aromatic heterocycles. The fourth-order valence-corrected chi connectivity index (χ4v) is 1.58. The third-order valence-electron chi connectivity index (χ3n) is 2.49. The first-order valence-electron chi connectivity index (χ1n) is 5.12. The number of aliphatic hydroxyl groups is 1. The van der Waals surface area contributed by atoms with E-state index in [4.69, 9.17) is 11.6 Å². The molecule has 1 nitrogen and oxygen atoms in total. The Hall–Kier alpha value is -0.600. The van der Waals surface area contributed by atoms with Crippen LogP contribution in [0.5, 0.6) is 0 Å². The quantitative estimate of drug-likeness (QED) is 0.840. The Morgan fingerprint density at radius 2 is 2.07 bits per heavy atom. The lowest BCUT2D eigenvalue weighted by atomic mass is 9.99. The molecular formula is C12H16ClFO. The second-order valence-electron chi connectivity index (χ2n) is 4.09. The minimum absolute atomic E-state index is 0.220. The third kappa shape index (κ3) is 3.80. The SMILES string of the molecule is CC(C)C(O)CCc1cc(F)ccc1Cl. The van der Waals surface area contributed by atoms with Crippen LogP contribution in [0.15, 0.2) is 18.2 Å². The van der Waals surface area contributed by atoms with Gasteiger partial charge in [0.25, 0.3) is 0 Å². The summed E-state index contributed by atoms with van der Waals surface area (Å²) in [5.41, 5.74) is 0.761. The van der Waals surface area contributed by atoms with Gasteiger partial charge in [-0.25, -0.2) is 4.39 Å². The summed E-state index contributed by atoms with van der Waals surface area (Å²) in [6.07, 6.45) is 0.862. The molecule has 3 heteroatoms. The molecule has 0 saturated heterocycles. The average Bonchev–Trinajstić information content (AvgIpc) is 2.18. The van der Waals surface area contributed by atoms with Gasteiger partial charge in [0.2, 0.25) is 0 Å². The highest BCUT2D eigenvalue weighted by Gasteiger charge is 2.10. The van der Waals surface area contributed by atoms with Gasteiger partial charge in [0, 0.05) is 5.02 Å². The number of aliphatic hydroxyl groups excluding tert-OH is 1. The molecule has 0 fully saturated rings. The summed E-state index contributed by atoms with van der Waals surface area (Å²) >= 11 is 5.91. The molecule has 0 heterocycles. The molecule has 1 rings (SSSR count). The van der Waals surface area contributed by atoms with E-state index in [0.29, 0.717) is 17.9 Å². The minimum Gasteiger partial charge on any atom is -0.393 e. The highest BCUT2D eigenvalue weighted by Crippen LogP contribution is 2.20. The first kappa shape index (κ1) is 12.5. The first-order chi connectivity index (χ1) is 7.00. The number of halogens is 2. The van der Waals surface area contributed by atoms with E-state index >= 15 is 0 Å². The van der Waals surface area contributed by atoms with Crippen molar-refractivity contribution in [2.24, 2.45) is 5.92 Å². The largest absolute Gasteiger partial charge is 0.393 e. The summed E-state index contributed by atoms with van der Waals surface area (Å²) in [6.45, 7) is 3.91. The van der Waals surface area contributed by atoms with E-state index in [1.165, 1.54) is 12.1 Å². The van der Waals surface area contributed by atoms with Gasteiger partial charge in [0.05, 0.1) is 6.10 Å². The fraction of sp³-hybridized carbons (Fsp3) is 0.500. The lowest BCUT2D eigenvalue weighted by molar-refractivity contribution is 0.116. The summed E-state index contributed by atoms with van der Waals surface area (Å²) < 4.78 is 12.9. The molecule has 0 spiro atoms. The van der Waals surface area contributed by atoms with Gasteiger partial charge in [-0.05, 0) is 42.5 Å². The monoisotopic (exact) mass is 230 g/mol. The van der Waals surface area contributed by atoms with Crippen molar-refractivity contribution in [1.82, 2.24) is 0 Å². The predicted octanol–water partition coefficient (Wildman–Crippen LogP) is 3.43. The molecule has 0 saturated carbocycles. The molecule has 0 aliphatic rings. The third-order valence-corrected chi connectivity index (χ3v) is 2.86. The molecule has 1 aromatic carbocycles. The van der Waals surface area contributed by atoms with Crippen LogP contribution < -0.4 is 0 Å². The second-order valence-corrected chi connectivity index (χ2v) is 4.49. The Balaban J connectivity index is 2.61. The molecule has 84 valence electrons. The van der Waals surface area contributed by atoms with Crippen molar-refractivity contribution in [1.29, 1.82) is 0 Å². The zero-order valence-corrected chi connectivity index (χ0v) is 9.76. The Bertz CT molecular complexity index is 325. The average molecular weight is 231 g/mol. The predicted molar refractivity (Wildman–Crippen MR) is 60.6 cm³/mol. The number of aryl methyl sites for hydroxylation is 1. The molecular weight excluding hydrogens is 215 g/mol. The maximum Gasteiger partial charge on any atom is 0.123 e. The lowest BCUT2D eigenvalue weighted by Crippen LogP contribution is -2.15. The Kier molecular flexibility index (Phi) is 4.55. The summed E-state index contributed by atoms with van der Waals surface area (Å²) in [6, 6.07) is 4.31. The number of hydrogen-bond donors (Lipinski definition) is 1. The Morgan fingerprint density at radius 1 is 1.40 bits per heavy atom. The maximum absolute atomic E-state index is 12.9. The molecule has 1 aromatic rings. The van der Waals surface area contributed by atoms with Crippen molar-refractivity contribution in [2.45, 2.75) is 32.8 Å². The van der Waals surface area contributed by atoms with E-state index in [2.05, 4.69) is 0 Å². The molecule has 0 radical (unpaired) electrons. The van der Waals surface area contributed by atoms with Gasteiger partial charge >= 0.3 is 0 Å². The second kappa shape index (κ2) is 5.47. The summed E-state index contributed by atoms with van der Waals surface area (Å²) in [7, 11) is 0. The van der Waals surface area contributed by atoms with Crippen LogP contribution in [-0.4, -0.2) is 11.2 Å². The molecule has 1 unspecified atom stereocenters. The van der Waals surface area contributed by atoms with Gasteiger partial charge in [-0.3, -0.25) is 0 Å². The van der Waals surface area contributed by atoms with Gasteiger partial charge in [-0.2, -0.15) is 0 Å². The van der Waals surface area contributed by atoms with E-state index in [1.54, 1.807) is 6.07 Å². The smallest absolute Gasteiger partial charge is 0.123 e. The minimum atomic E-state index is -0.357. The van der Waals surface area contributed by atoms with Gasteiger partial charge in [0.15, 0.2) is 0 Å². The number of benzene rings is 1. The molecule has 0 aliphatic carbocycles. The van der Waals surface area contributed by atoms with Crippen LogP contribution in [0.1, 0.15) is 25.8 Å². The highest BCUT2D eigenvalue weighted by molar-refractivity contribution is 6.31. The summed E-state index contributed by atoms with van der Waals surface area (Å²) in [5.74, 6) is -0.0641. The van der Waals surface area contributed by atoms with Crippen LogP contribution in [0.3, 0.4) is 0 Å². The molecule has 1 N–H and O–H groups in total.